The van der Waals surface area contributed by atoms with Gasteiger partial charge in [-0.1, -0.05) is 24.3 Å². The van der Waals surface area contributed by atoms with Crippen LogP contribution in [0.1, 0.15) is 6.42 Å². The van der Waals surface area contributed by atoms with Crippen molar-refractivity contribution in [1.82, 2.24) is 0 Å². The van der Waals surface area contributed by atoms with Gasteiger partial charge in [0, 0.05) is 10.3 Å². The monoisotopic (exact) mass is 264 g/mol. The van der Waals surface area contributed by atoms with Gasteiger partial charge in [0.2, 0.25) is 0 Å². The Bertz CT molecular complexity index is 670. The summed E-state index contributed by atoms with van der Waals surface area (Å²) < 4.78 is 24.4. The van der Waals surface area contributed by atoms with Crippen molar-refractivity contribution in [3.05, 3.63) is 36.4 Å². The van der Waals surface area contributed by atoms with Crippen LogP contribution in [0.5, 0.6) is 0 Å². The maximum Gasteiger partial charge on any atom is 0.179 e. The Labute approximate surface area is 105 Å². The third-order valence-corrected chi connectivity index (χ3v) is 5.96. The number of hydrogen-bond acceptors (Lipinski definition) is 3. The van der Waals surface area contributed by atoms with Crippen LogP contribution in [0.4, 0.5) is 0 Å². The minimum absolute atomic E-state index is 0.257. The van der Waals surface area contributed by atoms with Crippen molar-refractivity contribution in [2.45, 2.75) is 16.2 Å². The summed E-state index contributed by atoms with van der Waals surface area (Å²) in [7, 11) is -3.12. The largest absolute Gasteiger partial charge is 0.224 e. The third-order valence-electron chi connectivity index (χ3n) is 2.98. The molecule has 2 aromatic carbocycles. The number of sulfone groups is 1. The number of thioether (sulfide) groups is 1. The van der Waals surface area contributed by atoms with Crippen molar-refractivity contribution in [1.29, 1.82) is 0 Å². The van der Waals surface area contributed by atoms with Gasteiger partial charge in [-0.25, -0.2) is 8.42 Å². The quantitative estimate of drug-likeness (QED) is 0.733. The lowest BCUT2D eigenvalue weighted by Gasteiger charge is -2.15. The minimum Gasteiger partial charge on any atom is -0.224 e. The Balaban J connectivity index is 2.46. The molecule has 0 saturated heterocycles. The Morgan fingerprint density at radius 3 is 2.65 bits per heavy atom. The summed E-state index contributed by atoms with van der Waals surface area (Å²) >= 11 is 1.75. The predicted octanol–water partition coefficient (Wildman–Crippen LogP) is 3.11. The van der Waals surface area contributed by atoms with Crippen LogP contribution >= 0.6 is 11.8 Å². The number of benzene rings is 2. The molecule has 0 saturated carbocycles. The van der Waals surface area contributed by atoms with Gasteiger partial charge in [0.1, 0.15) is 0 Å². The van der Waals surface area contributed by atoms with Crippen molar-refractivity contribution in [2.24, 2.45) is 0 Å². The van der Waals surface area contributed by atoms with Crippen molar-refractivity contribution < 1.29 is 8.42 Å². The zero-order valence-corrected chi connectivity index (χ0v) is 10.9. The fraction of sp³-hybridized carbons (Fsp3) is 0.231. The molecule has 88 valence electrons. The molecule has 0 N–H and O–H groups in total. The molecule has 0 fully saturated rings. The summed E-state index contributed by atoms with van der Waals surface area (Å²) in [5, 5.41) is 1.91. The van der Waals surface area contributed by atoms with E-state index < -0.39 is 9.84 Å². The van der Waals surface area contributed by atoms with Gasteiger partial charge in [0.05, 0.1) is 10.6 Å². The van der Waals surface area contributed by atoms with Gasteiger partial charge in [0.25, 0.3) is 0 Å². The van der Waals surface area contributed by atoms with E-state index in [-0.39, 0.29) is 5.75 Å². The van der Waals surface area contributed by atoms with E-state index in [1.54, 1.807) is 17.8 Å². The Morgan fingerprint density at radius 1 is 1.06 bits per heavy atom. The lowest BCUT2D eigenvalue weighted by atomic mass is 10.1. The molecular formula is C13H12O2S2. The van der Waals surface area contributed by atoms with Crippen molar-refractivity contribution in [3.63, 3.8) is 0 Å². The van der Waals surface area contributed by atoms with Crippen molar-refractivity contribution in [3.8, 4) is 0 Å². The highest BCUT2D eigenvalue weighted by Crippen LogP contribution is 2.35. The van der Waals surface area contributed by atoms with Crippen LogP contribution < -0.4 is 0 Å². The van der Waals surface area contributed by atoms with Crippen LogP contribution in [0, 0.1) is 0 Å². The molecule has 0 bridgehead atoms. The summed E-state index contributed by atoms with van der Waals surface area (Å²) in [6, 6.07) is 11.5. The third kappa shape index (κ3) is 1.85. The van der Waals surface area contributed by atoms with E-state index in [2.05, 4.69) is 0 Å². The van der Waals surface area contributed by atoms with Gasteiger partial charge >= 0.3 is 0 Å². The maximum atomic E-state index is 12.2. The van der Waals surface area contributed by atoms with Crippen LogP contribution in [0.25, 0.3) is 10.8 Å². The van der Waals surface area contributed by atoms with Gasteiger partial charge in [-0.05, 0) is 29.7 Å². The molecule has 1 aliphatic rings. The number of hydrogen-bond donors (Lipinski definition) is 0. The second-order valence-corrected chi connectivity index (χ2v) is 7.35. The molecule has 0 atom stereocenters. The molecule has 4 heteroatoms. The van der Waals surface area contributed by atoms with E-state index in [0.717, 1.165) is 27.8 Å². The average Bonchev–Trinajstić information content (AvgIpc) is 2.32. The fourth-order valence-corrected chi connectivity index (χ4v) is 5.07. The molecular weight excluding hydrogens is 252 g/mol. The Hall–Kier alpha value is -1.00. The molecule has 0 unspecified atom stereocenters. The number of rotatable bonds is 0. The van der Waals surface area contributed by atoms with E-state index in [0.29, 0.717) is 4.90 Å². The predicted molar refractivity (Wildman–Crippen MR) is 71.3 cm³/mol. The smallest absolute Gasteiger partial charge is 0.179 e. The van der Waals surface area contributed by atoms with Gasteiger partial charge in [-0.2, -0.15) is 0 Å². The van der Waals surface area contributed by atoms with E-state index in [1.165, 1.54) is 0 Å². The van der Waals surface area contributed by atoms with Gasteiger partial charge in [-0.3, -0.25) is 0 Å². The lowest BCUT2D eigenvalue weighted by Crippen LogP contribution is -2.10. The highest BCUT2D eigenvalue weighted by atomic mass is 32.2. The second-order valence-electron chi connectivity index (χ2n) is 4.13. The molecule has 2 aromatic rings. The van der Waals surface area contributed by atoms with Gasteiger partial charge in [0.15, 0.2) is 9.84 Å². The first kappa shape index (κ1) is 11.1. The standard InChI is InChI=1S/C13H12O2S2/c14-17(15)9-3-8-16-11-6-1-4-10-5-2-7-12(17)13(10)11/h1-2,4-7H,3,8-9H2. The van der Waals surface area contributed by atoms with E-state index >= 15 is 0 Å². The lowest BCUT2D eigenvalue weighted by molar-refractivity contribution is 0.595. The van der Waals surface area contributed by atoms with Crippen molar-refractivity contribution in [2.75, 3.05) is 11.5 Å². The van der Waals surface area contributed by atoms with Crippen molar-refractivity contribution >= 4 is 32.4 Å². The topological polar surface area (TPSA) is 34.1 Å². The average molecular weight is 264 g/mol. The molecule has 0 aromatic heterocycles. The van der Waals surface area contributed by atoms with Crippen LogP contribution in [-0.4, -0.2) is 19.9 Å². The summed E-state index contributed by atoms with van der Waals surface area (Å²) in [6.45, 7) is 0. The summed E-state index contributed by atoms with van der Waals surface area (Å²) in [4.78, 5) is 1.58. The summed E-state index contributed by atoms with van der Waals surface area (Å²) in [5.41, 5.74) is 0. The normalized spacial score (nSPS) is 18.6. The van der Waals surface area contributed by atoms with Crippen LogP contribution in [0.15, 0.2) is 46.2 Å². The summed E-state index contributed by atoms with van der Waals surface area (Å²) in [5.74, 6) is 1.13. The molecule has 3 rings (SSSR count). The minimum atomic E-state index is -3.12. The zero-order chi connectivity index (χ0) is 11.9. The molecule has 0 amide bonds. The SMILES string of the molecule is O=S1(=O)CCCSc2cccc3cccc1c23. The molecule has 0 spiro atoms. The first-order valence-electron chi connectivity index (χ1n) is 5.56. The first-order chi connectivity index (χ1) is 8.18. The van der Waals surface area contributed by atoms with Gasteiger partial charge in [-0.15, -0.1) is 11.8 Å². The Morgan fingerprint density at radius 2 is 1.82 bits per heavy atom. The van der Waals surface area contributed by atoms with E-state index in [4.69, 9.17) is 0 Å². The van der Waals surface area contributed by atoms with Crippen LogP contribution in [-0.2, 0) is 9.84 Å². The van der Waals surface area contributed by atoms with Crippen LogP contribution in [0.3, 0.4) is 0 Å². The Kier molecular flexibility index (Phi) is 2.64. The second kappa shape index (κ2) is 4.03. The van der Waals surface area contributed by atoms with Crippen LogP contribution in [0.2, 0.25) is 0 Å². The zero-order valence-electron chi connectivity index (χ0n) is 9.22. The molecule has 2 nitrogen and oxygen atoms in total. The van der Waals surface area contributed by atoms with Gasteiger partial charge < -0.3 is 0 Å². The highest BCUT2D eigenvalue weighted by Gasteiger charge is 2.21. The molecule has 17 heavy (non-hydrogen) atoms. The molecule has 1 aliphatic heterocycles. The maximum absolute atomic E-state index is 12.2. The summed E-state index contributed by atoms with van der Waals surface area (Å²) in [6.07, 6.45) is 0.720. The fourth-order valence-electron chi connectivity index (χ4n) is 2.19. The van der Waals surface area contributed by atoms with E-state index in [9.17, 15) is 8.42 Å². The highest BCUT2D eigenvalue weighted by molar-refractivity contribution is 7.99. The molecule has 0 radical (unpaired) electrons. The molecule has 1 heterocycles. The van der Waals surface area contributed by atoms with E-state index in [1.807, 2.05) is 30.3 Å². The first-order valence-corrected chi connectivity index (χ1v) is 8.19. The molecule has 0 aliphatic carbocycles.